The van der Waals surface area contributed by atoms with Crippen LogP contribution in [0.15, 0.2) is 84.5 Å². The van der Waals surface area contributed by atoms with Gasteiger partial charge in [0.05, 0.1) is 0 Å². The minimum absolute atomic E-state index is 0.0399. The molecule has 0 atom stereocenters. The van der Waals surface area contributed by atoms with Crippen LogP contribution in [0.2, 0.25) is 0 Å². The number of carbonyl (C=O) groups excluding carboxylic acids is 2. The minimum Gasteiger partial charge on any atom is -0.366 e. The molecule has 2 amide bonds. The van der Waals surface area contributed by atoms with Crippen molar-refractivity contribution in [2.45, 2.75) is 25.2 Å². The SMILES string of the molecule is NC(=O)C1=CC=C(c2ccc(-c3ccc(C(=O)N4CCC(F)(F)CC4)cc3)cc2-c2ccc(F)cc2)C1. The normalized spacial score (nSPS) is 16.8. The first-order valence-corrected chi connectivity index (χ1v) is 12.1. The van der Waals surface area contributed by atoms with Crippen LogP contribution in [0, 0.1) is 5.82 Å². The number of hydrogen-bond donors (Lipinski definition) is 1. The minimum atomic E-state index is -2.71. The molecule has 188 valence electrons. The fourth-order valence-corrected chi connectivity index (χ4v) is 4.78. The van der Waals surface area contributed by atoms with E-state index in [0.29, 0.717) is 17.6 Å². The summed E-state index contributed by atoms with van der Waals surface area (Å²) >= 11 is 0. The maximum atomic E-state index is 13.6. The molecule has 0 bridgehead atoms. The molecular weight excluding hydrogens is 477 g/mol. The molecule has 0 unspecified atom stereocenters. The number of halogens is 3. The molecule has 1 fully saturated rings. The van der Waals surface area contributed by atoms with Crippen LogP contribution in [-0.2, 0) is 4.79 Å². The van der Waals surface area contributed by atoms with Crippen LogP contribution < -0.4 is 5.73 Å². The topological polar surface area (TPSA) is 63.4 Å². The molecule has 0 spiro atoms. The summed E-state index contributed by atoms with van der Waals surface area (Å²) < 4.78 is 40.5. The van der Waals surface area contributed by atoms with E-state index in [-0.39, 0.29) is 37.7 Å². The summed E-state index contributed by atoms with van der Waals surface area (Å²) in [5.41, 5.74) is 11.7. The lowest BCUT2D eigenvalue weighted by molar-refractivity contribution is -0.114. The van der Waals surface area contributed by atoms with Crippen LogP contribution in [0.25, 0.3) is 27.8 Å². The lowest BCUT2D eigenvalue weighted by atomic mass is 9.90. The summed E-state index contributed by atoms with van der Waals surface area (Å²) in [4.78, 5) is 25.9. The molecule has 3 aromatic rings. The quantitative estimate of drug-likeness (QED) is 0.450. The van der Waals surface area contributed by atoms with Gasteiger partial charge in [0.15, 0.2) is 0 Å². The van der Waals surface area contributed by atoms with E-state index >= 15 is 0 Å². The lowest BCUT2D eigenvalue weighted by Gasteiger charge is -2.31. The fourth-order valence-electron chi connectivity index (χ4n) is 4.78. The van der Waals surface area contributed by atoms with Gasteiger partial charge >= 0.3 is 0 Å². The van der Waals surface area contributed by atoms with Crippen molar-refractivity contribution in [1.29, 1.82) is 0 Å². The van der Waals surface area contributed by atoms with Crippen molar-refractivity contribution in [2.75, 3.05) is 13.1 Å². The van der Waals surface area contributed by atoms with Gasteiger partial charge in [-0.3, -0.25) is 9.59 Å². The van der Waals surface area contributed by atoms with Crippen LogP contribution in [0.5, 0.6) is 0 Å². The van der Waals surface area contributed by atoms with Crippen molar-refractivity contribution < 1.29 is 22.8 Å². The van der Waals surface area contributed by atoms with Crippen LogP contribution in [-0.4, -0.2) is 35.7 Å². The summed E-state index contributed by atoms with van der Waals surface area (Å²) in [6.07, 6.45) is 3.38. The number of likely N-dealkylation sites (tertiary alicyclic amines) is 1. The van der Waals surface area contributed by atoms with Crippen molar-refractivity contribution in [2.24, 2.45) is 5.73 Å². The van der Waals surface area contributed by atoms with E-state index in [1.807, 2.05) is 36.4 Å². The Kier molecular flexibility index (Phi) is 6.46. The highest BCUT2D eigenvalue weighted by molar-refractivity contribution is 5.99. The van der Waals surface area contributed by atoms with Crippen LogP contribution >= 0.6 is 0 Å². The van der Waals surface area contributed by atoms with Gasteiger partial charge in [-0.05, 0) is 63.7 Å². The van der Waals surface area contributed by atoms with E-state index < -0.39 is 11.8 Å². The van der Waals surface area contributed by atoms with Gasteiger partial charge in [0.1, 0.15) is 5.82 Å². The molecule has 37 heavy (non-hydrogen) atoms. The van der Waals surface area contributed by atoms with Gasteiger partial charge in [0.2, 0.25) is 5.91 Å². The number of allylic oxidation sites excluding steroid dienone is 3. The van der Waals surface area contributed by atoms with Gasteiger partial charge < -0.3 is 10.6 Å². The molecule has 2 N–H and O–H groups in total. The number of alkyl halides is 2. The molecule has 0 radical (unpaired) electrons. The number of nitrogens with two attached hydrogens (primary N) is 1. The zero-order valence-corrected chi connectivity index (χ0v) is 20.0. The van der Waals surface area contributed by atoms with Gasteiger partial charge in [-0.2, -0.15) is 0 Å². The lowest BCUT2D eigenvalue weighted by Crippen LogP contribution is -2.42. The van der Waals surface area contributed by atoms with Gasteiger partial charge in [-0.25, -0.2) is 13.2 Å². The number of amides is 2. The van der Waals surface area contributed by atoms with E-state index in [9.17, 15) is 22.8 Å². The number of hydrogen-bond acceptors (Lipinski definition) is 2. The van der Waals surface area contributed by atoms with Crippen molar-refractivity contribution in [3.63, 3.8) is 0 Å². The highest BCUT2D eigenvalue weighted by atomic mass is 19.3. The largest absolute Gasteiger partial charge is 0.366 e. The van der Waals surface area contributed by atoms with Crippen LogP contribution in [0.4, 0.5) is 13.2 Å². The number of carbonyl (C=O) groups is 2. The molecule has 1 saturated heterocycles. The molecule has 7 heteroatoms. The van der Waals surface area contributed by atoms with E-state index in [4.69, 9.17) is 5.73 Å². The monoisotopic (exact) mass is 502 g/mol. The number of primary amides is 1. The second-order valence-electron chi connectivity index (χ2n) is 9.42. The first-order valence-electron chi connectivity index (χ1n) is 12.1. The number of piperidine rings is 1. The molecule has 3 aromatic carbocycles. The number of rotatable bonds is 5. The Morgan fingerprint density at radius 1 is 0.784 bits per heavy atom. The van der Waals surface area contributed by atoms with E-state index in [1.54, 1.807) is 30.3 Å². The molecule has 1 aliphatic carbocycles. The molecule has 5 rings (SSSR count). The van der Waals surface area contributed by atoms with Gasteiger partial charge in [0, 0.05) is 43.5 Å². The third-order valence-corrected chi connectivity index (χ3v) is 6.95. The number of nitrogens with zero attached hydrogens (tertiary/aromatic N) is 1. The zero-order chi connectivity index (χ0) is 26.2. The smallest absolute Gasteiger partial charge is 0.253 e. The highest BCUT2D eigenvalue weighted by Crippen LogP contribution is 2.38. The second-order valence-corrected chi connectivity index (χ2v) is 9.42. The maximum absolute atomic E-state index is 13.6. The van der Waals surface area contributed by atoms with Crippen LogP contribution in [0.3, 0.4) is 0 Å². The summed E-state index contributed by atoms with van der Waals surface area (Å²) in [6.45, 7) is 0.0799. The number of benzene rings is 3. The first-order chi connectivity index (χ1) is 17.7. The Hall–Kier alpha value is -4.13. The van der Waals surface area contributed by atoms with E-state index in [0.717, 1.165) is 33.4 Å². The second kappa shape index (κ2) is 9.73. The standard InChI is InChI=1S/C30H25F3N2O2/c31-25-10-7-20(8-11-25)27-18-22(9-12-26(27)23-5-6-24(17-23)28(34)36)19-1-3-21(4-2-19)29(37)35-15-13-30(32,33)14-16-35/h1-12,18H,13-17H2,(H2,34,36). The summed E-state index contributed by atoms with van der Waals surface area (Å²) in [5.74, 6) is -3.76. The predicted molar refractivity (Wildman–Crippen MR) is 137 cm³/mol. The Bertz CT molecular complexity index is 1410. The van der Waals surface area contributed by atoms with Crippen molar-refractivity contribution in [1.82, 2.24) is 4.90 Å². The average Bonchev–Trinajstić information content (AvgIpc) is 3.39. The summed E-state index contributed by atoms with van der Waals surface area (Å²) in [6, 6.07) is 19.2. The highest BCUT2D eigenvalue weighted by Gasteiger charge is 2.35. The first kappa shape index (κ1) is 24.6. The fraction of sp³-hybridized carbons (Fsp3) is 0.200. The average molecular weight is 503 g/mol. The third kappa shape index (κ3) is 5.21. The summed E-state index contributed by atoms with van der Waals surface area (Å²) in [7, 11) is 0. The Morgan fingerprint density at radius 2 is 1.41 bits per heavy atom. The third-order valence-electron chi connectivity index (χ3n) is 6.95. The Morgan fingerprint density at radius 3 is 2.03 bits per heavy atom. The van der Waals surface area contributed by atoms with Crippen molar-refractivity contribution in [3.8, 4) is 22.3 Å². The van der Waals surface area contributed by atoms with Gasteiger partial charge in [-0.1, -0.05) is 48.6 Å². The maximum Gasteiger partial charge on any atom is 0.253 e. The molecule has 0 aromatic heterocycles. The Balaban J connectivity index is 1.43. The molecule has 1 aliphatic heterocycles. The Labute approximate surface area is 212 Å². The molecular formula is C30H25F3N2O2. The molecule has 2 aliphatic rings. The molecule has 0 saturated carbocycles. The van der Waals surface area contributed by atoms with Gasteiger partial charge in [0.25, 0.3) is 11.8 Å². The van der Waals surface area contributed by atoms with Crippen LogP contribution in [0.1, 0.15) is 35.2 Å². The van der Waals surface area contributed by atoms with E-state index in [2.05, 4.69) is 0 Å². The van der Waals surface area contributed by atoms with E-state index in [1.165, 1.54) is 17.0 Å². The molecule has 1 heterocycles. The van der Waals surface area contributed by atoms with Crippen molar-refractivity contribution in [3.05, 3.63) is 101 Å². The van der Waals surface area contributed by atoms with Crippen molar-refractivity contribution >= 4 is 17.4 Å². The van der Waals surface area contributed by atoms with Gasteiger partial charge in [-0.15, -0.1) is 0 Å². The predicted octanol–water partition coefficient (Wildman–Crippen LogP) is 6.23. The zero-order valence-electron chi connectivity index (χ0n) is 20.0. The summed E-state index contributed by atoms with van der Waals surface area (Å²) in [5, 5.41) is 0. The molecule has 4 nitrogen and oxygen atoms in total.